The Kier molecular flexibility index (Phi) is 3.44. The van der Waals surface area contributed by atoms with Crippen molar-refractivity contribution in [2.24, 2.45) is 0 Å². The number of rotatable bonds is 4. The van der Waals surface area contributed by atoms with E-state index in [0.717, 1.165) is 0 Å². The smallest absolute Gasteiger partial charge is 0.320 e. The summed E-state index contributed by atoms with van der Waals surface area (Å²) in [5, 5.41) is 13.2. The van der Waals surface area contributed by atoms with Gasteiger partial charge in [0.05, 0.1) is 12.1 Å². The van der Waals surface area contributed by atoms with E-state index in [1.54, 1.807) is 20.2 Å². The third-order valence-corrected chi connectivity index (χ3v) is 3.34. The molecule has 1 saturated heterocycles. The number of carboxylic acid groups (broad SMARTS) is 1. The van der Waals surface area contributed by atoms with E-state index in [2.05, 4.69) is 5.10 Å². The molecule has 0 bridgehead atoms. The fourth-order valence-electron chi connectivity index (χ4n) is 2.22. The average molecular weight is 239 g/mol. The molecule has 94 valence electrons. The Morgan fingerprint density at radius 1 is 1.59 bits per heavy atom. The molecule has 0 spiro atoms. The first kappa shape index (κ1) is 12.1. The lowest BCUT2D eigenvalue weighted by molar-refractivity contribution is -0.142. The number of ether oxygens (including phenoxy) is 1. The molecular weight excluding hydrogens is 222 g/mol. The lowest BCUT2D eigenvalue weighted by Gasteiger charge is -2.19. The maximum absolute atomic E-state index is 11.0. The minimum absolute atomic E-state index is 0.0169. The average Bonchev–Trinajstić information content (AvgIpc) is 2.95. The van der Waals surface area contributed by atoms with Crippen LogP contribution in [0.15, 0.2) is 18.5 Å². The maximum Gasteiger partial charge on any atom is 0.320 e. The van der Waals surface area contributed by atoms with Crippen molar-refractivity contribution < 1.29 is 14.6 Å². The summed E-state index contributed by atoms with van der Waals surface area (Å²) in [6.07, 6.45) is 3.58. The minimum atomic E-state index is -0.805. The maximum atomic E-state index is 11.0. The monoisotopic (exact) mass is 239 g/mol. The third-order valence-electron chi connectivity index (χ3n) is 3.34. The summed E-state index contributed by atoms with van der Waals surface area (Å²) in [7, 11) is 1.65. The molecular formula is C11H17N3O3. The van der Waals surface area contributed by atoms with Crippen LogP contribution in [0.2, 0.25) is 0 Å². The van der Waals surface area contributed by atoms with Crippen LogP contribution in [0.1, 0.15) is 13.0 Å². The van der Waals surface area contributed by atoms with Gasteiger partial charge in [0.2, 0.25) is 0 Å². The molecule has 1 aliphatic rings. The molecule has 1 fully saturated rings. The summed E-state index contributed by atoms with van der Waals surface area (Å²) >= 11 is 0. The molecule has 0 aromatic carbocycles. The van der Waals surface area contributed by atoms with Gasteiger partial charge in [-0.2, -0.15) is 5.10 Å². The van der Waals surface area contributed by atoms with Crippen LogP contribution in [0.25, 0.3) is 0 Å². The number of aliphatic carboxylic acids is 1. The highest BCUT2D eigenvalue weighted by Crippen LogP contribution is 2.25. The van der Waals surface area contributed by atoms with Crippen LogP contribution < -0.4 is 0 Å². The molecule has 1 N–H and O–H groups in total. The van der Waals surface area contributed by atoms with Crippen molar-refractivity contribution in [2.45, 2.75) is 25.1 Å². The molecule has 0 amide bonds. The van der Waals surface area contributed by atoms with Gasteiger partial charge >= 0.3 is 5.97 Å². The SMILES string of the molecule is CO[C@@H]1CN([C@H](C)C(=O)O)C[C@@H]1n1cccn1. The van der Waals surface area contributed by atoms with Crippen LogP contribution in [-0.4, -0.2) is 58.1 Å². The molecule has 1 aromatic heterocycles. The van der Waals surface area contributed by atoms with Gasteiger partial charge in [0.1, 0.15) is 6.04 Å². The van der Waals surface area contributed by atoms with E-state index in [0.29, 0.717) is 13.1 Å². The Hall–Kier alpha value is -1.40. The van der Waals surface area contributed by atoms with Crippen molar-refractivity contribution in [1.82, 2.24) is 14.7 Å². The number of aromatic nitrogens is 2. The number of nitrogens with zero attached hydrogens (tertiary/aromatic N) is 3. The fraction of sp³-hybridized carbons (Fsp3) is 0.636. The van der Waals surface area contributed by atoms with E-state index >= 15 is 0 Å². The molecule has 0 saturated carbocycles. The predicted molar refractivity (Wildman–Crippen MR) is 60.7 cm³/mol. The summed E-state index contributed by atoms with van der Waals surface area (Å²) in [5.41, 5.74) is 0. The molecule has 0 radical (unpaired) electrons. The van der Waals surface area contributed by atoms with Gasteiger partial charge in [0.15, 0.2) is 0 Å². The molecule has 1 aromatic rings. The predicted octanol–water partition coefficient (Wildman–Crippen LogP) is 0.228. The molecule has 6 nitrogen and oxygen atoms in total. The minimum Gasteiger partial charge on any atom is -0.480 e. The van der Waals surface area contributed by atoms with Crippen LogP contribution in [0.5, 0.6) is 0 Å². The number of carbonyl (C=O) groups is 1. The molecule has 6 heteroatoms. The van der Waals surface area contributed by atoms with Gasteiger partial charge in [-0.25, -0.2) is 0 Å². The van der Waals surface area contributed by atoms with Gasteiger partial charge in [-0.1, -0.05) is 0 Å². The molecule has 3 atom stereocenters. The number of likely N-dealkylation sites (tertiary alicyclic amines) is 1. The molecule has 1 aliphatic heterocycles. The van der Waals surface area contributed by atoms with Gasteiger partial charge < -0.3 is 9.84 Å². The topological polar surface area (TPSA) is 67.6 Å². The standard InChI is InChI=1S/C11H17N3O3/c1-8(11(15)16)13-6-9(10(7-13)17-2)14-5-3-4-12-14/h3-5,8-10H,6-7H2,1-2H3,(H,15,16)/t8-,9+,10-/m1/s1. The first-order valence-electron chi connectivity index (χ1n) is 5.62. The zero-order valence-electron chi connectivity index (χ0n) is 9.98. The first-order chi connectivity index (χ1) is 8.13. The second kappa shape index (κ2) is 4.85. The lowest BCUT2D eigenvalue weighted by Crippen LogP contribution is -2.37. The van der Waals surface area contributed by atoms with E-state index in [1.807, 2.05) is 21.8 Å². The third kappa shape index (κ3) is 2.32. The Morgan fingerprint density at radius 3 is 2.88 bits per heavy atom. The lowest BCUT2D eigenvalue weighted by atomic mass is 10.2. The normalized spacial score (nSPS) is 27.2. The summed E-state index contributed by atoms with van der Waals surface area (Å²) in [6, 6.07) is 1.45. The highest BCUT2D eigenvalue weighted by atomic mass is 16.5. The van der Waals surface area contributed by atoms with Crippen molar-refractivity contribution in [2.75, 3.05) is 20.2 Å². The molecule has 17 heavy (non-hydrogen) atoms. The van der Waals surface area contributed by atoms with Crippen LogP contribution >= 0.6 is 0 Å². The quantitative estimate of drug-likeness (QED) is 0.814. The second-order valence-corrected chi connectivity index (χ2v) is 4.30. The van der Waals surface area contributed by atoms with Crippen molar-refractivity contribution in [1.29, 1.82) is 0 Å². The molecule has 2 heterocycles. The van der Waals surface area contributed by atoms with Crippen LogP contribution in [0.3, 0.4) is 0 Å². The Morgan fingerprint density at radius 2 is 2.35 bits per heavy atom. The Labute approximate surface area is 99.8 Å². The van der Waals surface area contributed by atoms with Gasteiger partial charge in [-0.15, -0.1) is 0 Å². The van der Waals surface area contributed by atoms with E-state index in [-0.39, 0.29) is 12.1 Å². The highest BCUT2D eigenvalue weighted by molar-refractivity contribution is 5.72. The molecule has 0 unspecified atom stereocenters. The molecule has 2 rings (SSSR count). The summed E-state index contributed by atoms with van der Waals surface area (Å²) in [6.45, 7) is 2.96. The fourth-order valence-corrected chi connectivity index (χ4v) is 2.22. The number of methoxy groups -OCH3 is 1. The van der Waals surface area contributed by atoms with Crippen molar-refractivity contribution in [3.8, 4) is 0 Å². The zero-order chi connectivity index (χ0) is 12.4. The second-order valence-electron chi connectivity index (χ2n) is 4.30. The summed E-state index contributed by atoms with van der Waals surface area (Å²) in [4.78, 5) is 12.9. The van der Waals surface area contributed by atoms with E-state index in [9.17, 15) is 4.79 Å². The summed E-state index contributed by atoms with van der Waals surface area (Å²) in [5.74, 6) is -0.805. The van der Waals surface area contributed by atoms with E-state index < -0.39 is 12.0 Å². The highest BCUT2D eigenvalue weighted by Gasteiger charge is 2.38. The van der Waals surface area contributed by atoms with Crippen molar-refractivity contribution >= 4 is 5.97 Å². The van der Waals surface area contributed by atoms with Crippen molar-refractivity contribution in [3.63, 3.8) is 0 Å². The molecule has 0 aliphatic carbocycles. The Bertz CT molecular complexity index is 379. The van der Waals surface area contributed by atoms with Crippen molar-refractivity contribution in [3.05, 3.63) is 18.5 Å². The largest absolute Gasteiger partial charge is 0.480 e. The summed E-state index contributed by atoms with van der Waals surface area (Å²) < 4.78 is 7.25. The number of carboxylic acids is 1. The van der Waals surface area contributed by atoms with E-state index in [4.69, 9.17) is 9.84 Å². The van der Waals surface area contributed by atoms with Gasteiger partial charge in [-0.05, 0) is 13.0 Å². The Balaban J connectivity index is 2.11. The van der Waals surface area contributed by atoms with E-state index in [1.165, 1.54) is 0 Å². The van der Waals surface area contributed by atoms with Crippen LogP contribution in [0, 0.1) is 0 Å². The van der Waals surface area contributed by atoms with Gasteiger partial charge in [0.25, 0.3) is 0 Å². The van der Waals surface area contributed by atoms with Gasteiger partial charge in [0, 0.05) is 32.6 Å². The first-order valence-corrected chi connectivity index (χ1v) is 5.62. The van der Waals surface area contributed by atoms with Crippen LogP contribution in [-0.2, 0) is 9.53 Å². The van der Waals surface area contributed by atoms with Gasteiger partial charge in [-0.3, -0.25) is 14.4 Å². The number of hydrogen-bond donors (Lipinski definition) is 1. The number of hydrogen-bond acceptors (Lipinski definition) is 4. The zero-order valence-corrected chi connectivity index (χ0v) is 9.98. The van der Waals surface area contributed by atoms with Crippen LogP contribution in [0.4, 0.5) is 0 Å².